The Bertz CT molecular complexity index is 520. The van der Waals surface area contributed by atoms with E-state index in [4.69, 9.17) is 0 Å². The van der Waals surface area contributed by atoms with E-state index in [1.54, 1.807) is 6.20 Å². The fourth-order valence-corrected chi connectivity index (χ4v) is 1.93. The van der Waals surface area contributed by atoms with Crippen LogP contribution in [0.1, 0.15) is 17.8 Å². The molecule has 0 atom stereocenters. The lowest BCUT2D eigenvalue weighted by molar-refractivity contribution is 0.659. The van der Waals surface area contributed by atoms with Crippen LogP contribution < -0.4 is 10.6 Å². The molecule has 0 aliphatic carbocycles. The van der Waals surface area contributed by atoms with Crippen LogP contribution in [0.2, 0.25) is 0 Å². The maximum Gasteiger partial charge on any atom is 0.134 e. The smallest absolute Gasteiger partial charge is 0.134 e. The maximum absolute atomic E-state index is 4.43. The Morgan fingerprint density at radius 2 is 2.00 bits per heavy atom. The molecular formula is C13H20N6. The average Bonchev–Trinajstić information content (AvgIpc) is 2.91. The van der Waals surface area contributed by atoms with Crippen LogP contribution >= 0.6 is 0 Å². The van der Waals surface area contributed by atoms with Crippen molar-refractivity contribution in [2.24, 2.45) is 0 Å². The van der Waals surface area contributed by atoms with E-state index in [1.165, 1.54) is 0 Å². The van der Waals surface area contributed by atoms with Gasteiger partial charge >= 0.3 is 0 Å². The van der Waals surface area contributed by atoms with Crippen LogP contribution in [0.5, 0.6) is 0 Å². The van der Waals surface area contributed by atoms with Crippen LogP contribution in [0.25, 0.3) is 0 Å². The van der Waals surface area contributed by atoms with Gasteiger partial charge in [0.15, 0.2) is 0 Å². The van der Waals surface area contributed by atoms with Crippen molar-refractivity contribution in [1.29, 1.82) is 0 Å². The molecule has 0 amide bonds. The van der Waals surface area contributed by atoms with E-state index in [-0.39, 0.29) is 0 Å². The van der Waals surface area contributed by atoms with Crippen molar-refractivity contribution in [3.05, 3.63) is 30.1 Å². The first-order chi connectivity index (χ1) is 9.20. The molecule has 2 aromatic rings. The molecule has 0 bridgehead atoms. The molecule has 0 aliphatic heterocycles. The van der Waals surface area contributed by atoms with E-state index in [0.717, 1.165) is 42.5 Å². The molecule has 2 aromatic heterocycles. The van der Waals surface area contributed by atoms with Gasteiger partial charge in [-0.25, -0.2) is 15.0 Å². The largest absolute Gasteiger partial charge is 0.373 e. The van der Waals surface area contributed by atoms with Crippen LogP contribution in [0.15, 0.2) is 18.7 Å². The molecule has 0 aliphatic rings. The quantitative estimate of drug-likeness (QED) is 0.776. The highest BCUT2D eigenvalue weighted by molar-refractivity contribution is 5.56. The van der Waals surface area contributed by atoms with Crippen molar-refractivity contribution in [1.82, 2.24) is 19.5 Å². The zero-order chi connectivity index (χ0) is 13.7. The summed E-state index contributed by atoms with van der Waals surface area (Å²) in [5.41, 5.74) is 1.05. The minimum Gasteiger partial charge on any atom is -0.373 e. The second-order valence-electron chi connectivity index (χ2n) is 4.42. The summed E-state index contributed by atoms with van der Waals surface area (Å²) >= 11 is 0. The van der Waals surface area contributed by atoms with Gasteiger partial charge < -0.3 is 15.2 Å². The summed E-state index contributed by atoms with van der Waals surface area (Å²) in [7, 11) is 1.87. The molecule has 0 aromatic carbocycles. The number of nitrogens with zero attached hydrogens (tertiary/aromatic N) is 4. The second-order valence-corrected chi connectivity index (χ2v) is 4.42. The van der Waals surface area contributed by atoms with Crippen molar-refractivity contribution < 1.29 is 0 Å². The van der Waals surface area contributed by atoms with Gasteiger partial charge in [-0.1, -0.05) is 0 Å². The number of hydrogen-bond donors (Lipinski definition) is 2. The summed E-state index contributed by atoms with van der Waals surface area (Å²) < 4.78 is 2.07. The van der Waals surface area contributed by atoms with Crippen LogP contribution in [0, 0.1) is 13.8 Å². The van der Waals surface area contributed by atoms with Gasteiger partial charge in [0.1, 0.15) is 17.5 Å². The summed E-state index contributed by atoms with van der Waals surface area (Å²) in [6, 6.07) is 0. The molecule has 102 valence electrons. The number of rotatable bonds is 6. The SMILES string of the molecule is CNc1nc(C)nc(NCCCn2ccnc2)c1C. The highest BCUT2D eigenvalue weighted by Gasteiger charge is 2.07. The number of hydrogen-bond acceptors (Lipinski definition) is 5. The Hall–Kier alpha value is -2.11. The maximum atomic E-state index is 4.43. The van der Waals surface area contributed by atoms with Gasteiger partial charge in [-0.05, 0) is 20.3 Å². The summed E-state index contributed by atoms with van der Waals surface area (Å²) in [5, 5.41) is 6.45. The molecule has 0 spiro atoms. The fourth-order valence-electron chi connectivity index (χ4n) is 1.93. The predicted octanol–water partition coefficient (Wildman–Crippen LogP) is 1.83. The van der Waals surface area contributed by atoms with E-state index in [1.807, 2.05) is 33.4 Å². The highest BCUT2D eigenvalue weighted by atomic mass is 15.1. The van der Waals surface area contributed by atoms with Gasteiger partial charge in [0.25, 0.3) is 0 Å². The molecular weight excluding hydrogens is 240 g/mol. The lowest BCUT2D eigenvalue weighted by Gasteiger charge is -2.12. The fraction of sp³-hybridized carbons (Fsp3) is 0.462. The van der Waals surface area contributed by atoms with Gasteiger partial charge in [0.2, 0.25) is 0 Å². The Kier molecular flexibility index (Phi) is 4.33. The summed E-state index contributed by atoms with van der Waals surface area (Å²) in [6.07, 6.45) is 6.62. The monoisotopic (exact) mass is 260 g/mol. The van der Waals surface area contributed by atoms with Crippen LogP contribution in [-0.4, -0.2) is 33.1 Å². The Labute approximate surface area is 113 Å². The Morgan fingerprint density at radius 3 is 2.68 bits per heavy atom. The Morgan fingerprint density at radius 1 is 1.21 bits per heavy atom. The van der Waals surface area contributed by atoms with Crippen molar-refractivity contribution in [3.8, 4) is 0 Å². The Balaban J connectivity index is 1.90. The third kappa shape index (κ3) is 3.43. The first kappa shape index (κ1) is 13.3. The van der Waals surface area contributed by atoms with Gasteiger partial charge in [-0.2, -0.15) is 0 Å². The highest BCUT2D eigenvalue weighted by Crippen LogP contribution is 2.19. The standard InChI is InChI=1S/C13H20N6/c1-10-12(14-3)17-11(2)18-13(10)16-5-4-7-19-8-6-15-9-19/h6,8-9H,4-5,7H2,1-3H3,(H2,14,16,17,18). The molecule has 2 rings (SSSR count). The van der Waals surface area contributed by atoms with Crippen molar-refractivity contribution in [2.45, 2.75) is 26.8 Å². The topological polar surface area (TPSA) is 67.7 Å². The number of imidazole rings is 1. The first-order valence-electron chi connectivity index (χ1n) is 6.43. The van der Waals surface area contributed by atoms with Crippen molar-refractivity contribution in [2.75, 3.05) is 24.2 Å². The van der Waals surface area contributed by atoms with Crippen LogP contribution in [-0.2, 0) is 6.54 Å². The first-order valence-corrected chi connectivity index (χ1v) is 6.43. The molecule has 19 heavy (non-hydrogen) atoms. The molecule has 2 heterocycles. The van der Waals surface area contributed by atoms with E-state index in [2.05, 4.69) is 30.2 Å². The molecule has 0 fully saturated rings. The minimum absolute atomic E-state index is 0.770. The summed E-state index contributed by atoms with van der Waals surface area (Å²) in [5.74, 6) is 2.55. The van der Waals surface area contributed by atoms with Crippen molar-refractivity contribution in [3.63, 3.8) is 0 Å². The number of aromatic nitrogens is 4. The number of nitrogens with one attached hydrogen (secondary N) is 2. The molecule has 6 nitrogen and oxygen atoms in total. The molecule has 0 radical (unpaired) electrons. The van der Waals surface area contributed by atoms with E-state index >= 15 is 0 Å². The predicted molar refractivity (Wildman–Crippen MR) is 76.4 cm³/mol. The molecule has 0 saturated carbocycles. The minimum atomic E-state index is 0.770. The van der Waals surface area contributed by atoms with Gasteiger partial charge in [-0.3, -0.25) is 0 Å². The average molecular weight is 260 g/mol. The molecule has 0 saturated heterocycles. The lowest BCUT2D eigenvalue weighted by atomic mass is 10.3. The van der Waals surface area contributed by atoms with E-state index < -0.39 is 0 Å². The lowest BCUT2D eigenvalue weighted by Crippen LogP contribution is -2.11. The third-order valence-corrected chi connectivity index (χ3v) is 2.94. The van der Waals surface area contributed by atoms with Crippen molar-refractivity contribution >= 4 is 11.6 Å². The van der Waals surface area contributed by atoms with E-state index in [9.17, 15) is 0 Å². The third-order valence-electron chi connectivity index (χ3n) is 2.94. The van der Waals surface area contributed by atoms with Gasteiger partial charge in [0, 0.05) is 38.1 Å². The van der Waals surface area contributed by atoms with Gasteiger partial charge in [-0.15, -0.1) is 0 Å². The zero-order valence-corrected chi connectivity index (χ0v) is 11.6. The zero-order valence-electron chi connectivity index (χ0n) is 11.6. The summed E-state index contributed by atoms with van der Waals surface area (Å²) in [6.45, 7) is 5.74. The normalized spacial score (nSPS) is 10.5. The van der Waals surface area contributed by atoms with Gasteiger partial charge in [0.05, 0.1) is 6.33 Å². The molecule has 6 heteroatoms. The summed E-state index contributed by atoms with van der Waals surface area (Å²) in [4.78, 5) is 12.8. The second kappa shape index (κ2) is 6.17. The molecule has 2 N–H and O–H groups in total. The van der Waals surface area contributed by atoms with Crippen LogP contribution in [0.3, 0.4) is 0 Å². The van der Waals surface area contributed by atoms with Crippen LogP contribution in [0.4, 0.5) is 11.6 Å². The molecule has 0 unspecified atom stereocenters. The van der Waals surface area contributed by atoms with E-state index in [0.29, 0.717) is 0 Å². The number of anilines is 2. The number of aryl methyl sites for hydroxylation is 2.